The van der Waals surface area contributed by atoms with Gasteiger partial charge in [0.1, 0.15) is 0 Å². The Morgan fingerprint density at radius 2 is 1.39 bits per heavy atom. The van der Waals surface area contributed by atoms with Gasteiger partial charge in [0.15, 0.2) is 17.7 Å². The normalized spacial score (nSPS) is 15.0. The number of aliphatic hydroxyl groups is 1. The lowest BCUT2D eigenvalue weighted by atomic mass is 9.87. The van der Waals surface area contributed by atoms with E-state index in [9.17, 15) is 42.3 Å². The number of benzene rings is 2. The minimum absolute atomic E-state index is 0.0951. The van der Waals surface area contributed by atoms with Gasteiger partial charge in [-0.3, -0.25) is 24.0 Å². The number of carbonyl (C=O) groups is 5. The summed E-state index contributed by atoms with van der Waals surface area (Å²) in [6, 6.07) is 13.8. The number of rotatable bonds is 16. The number of Topliss-reactive ketones (excluding diaryl/α,β-unsaturated/α-hetero) is 2. The van der Waals surface area contributed by atoms with E-state index in [0.29, 0.717) is 5.56 Å². The quantitative estimate of drug-likeness (QED) is 0.209. The molecule has 0 fully saturated rings. The summed E-state index contributed by atoms with van der Waals surface area (Å²) < 4.78 is 39.2. The first-order valence-electron chi connectivity index (χ1n) is 14.4. The van der Waals surface area contributed by atoms with E-state index in [2.05, 4.69) is 10.6 Å². The van der Waals surface area contributed by atoms with Crippen LogP contribution in [0.25, 0.3) is 11.1 Å². The molecule has 0 saturated heterocycles. The summed E-state index contributed by atoms with van der Waals surface area (Å²) in [5, 5.41) is 14.3. The molecule has 2 aromatic carbocycles. The van der Waals surface area contributed by atoms with Crippen LogP contribution < -0.4 is 16.4 Å². The van der Waals surface area contributed by atoms with Crippen LogP contribution in [0, 0.1) is 17.8 Å². The highest BCUT2D eigenvalue weighted by molar-refractivity contribution is 5.99. The van der Waals surface area contributed by atoms with E-state index < -0.39 is 79.0 Å². The fraction of sp³-hybridized carbons (Fsp3) is 0.469. The molecule has 12 heteroatoms. The lowest BCUT2D eigenvalue weighted by molar-refractivity contribution is -0.213. The number of amides is 3. The number of hydrogen-bond acceptors (Lipinski definition) is 6. The molecule has 2 aromatic rings. The van der Waals surface area contributed by atoms with Gasteiger partial charge in [0.2, 0.25) is 17.7 Å². The van der Waals surface area contributed by atoms with Crippen molar-refractivity contribution in [2.24, 2.45) is 23.5 Å². The van der Waals surface area contributed by atoms with Crippen molar-refractivity contribution in [3.8, 4) is 11.1 Å². The molecule has 2 unspecified atom stereocenters. The van der Waals surface area contributed by atoms with Gasteiger partial charge in [-0.2, -0.15) is 13.2 Å². The van der Waals surface area contributed by atoms with Crippen molar-refractivity contribution in [2.75, 3.05) is 0 Å². The Morgan fingerprint density at radius 3 is 1.91 bits per heavy atom. The topological polar surface area (TPSA) is 156 Å². The molecule has 5 atom stereocenters. The van der Waals surface area contributed by atoms with Crippen molar-refractivity contribution in [3.63, 3.8) is 0 Å². The predicted octanol–water partition coefficient (Wildman–Crippen LogP) is 3.97. The second-order valence-electron chi connectivity index (χ2n) is 11.3. The minimum atomic E-state index is -5.06. The number of halogens is 3. The average Bonchev–Trinajstić information content (AvgIpc) is 2.96. The van der Waals surface area contributed by atoms with Crippen LogP contribution in [0.5, 0.6) is 0 Å². The summed E-state index contributed by atoms with van der Waals surface area (Å²) in [6.07, 6.45) is -9.58. The summed E-state index contributed by atoms with van der Waals surface area (Å²) >= 11 is 0. The van der Waals surface area contributed by atoms with Crippen molar-refractivity contribution in [2.45, 2.75) is 77.7 Å². The zero-order valence-electron chi connectivity index (χ0n) is 25.2. The predicted molar refractivity (Wildman–Crippen MR) is 158 cm³/mol. The number of alkyl halides is 3. The van der Waals surface area contributed by atoms with Crippen LogP contribution >= 0.6 is 0 Å². The molecule has 44 heavy (non-hydrogen) atoms. The Balaban J connectivity index is 1.99. The van der Waals surface area contributed by atoms with Gasteiger partial charge in [0, 0.05) is 36.7 Å². The summed E-state index contributed by atoms with van der Waals surface area (Å²) in [5.41, 5.74) is 7.37. The van der Waals surface area contributed by atoms with E-state index in [1.807, 2.05) is 42.5 Å². The van der Waals surface area contributed by atoms with E-state index in [1.54, 1.807) is 26.0 Å². The number of nitrogens with one attached hydrogen (secondary N) is 2. The Hall–Kier alpha value is -4.06. The standard InChI is InChI=1S/C32H40F3N3O6/c1-18(2)24(17-27(40)23-12-10-22(11-13-23)21-8-6-5-7-9-21)31(44)37-20(4)26(39)16-19(3)30(43)38-25(14-15-28(36)41)29(42)32(33,34)35/h5-13,18-20,24-25,29,42H,14-17H2,1-4H3,(H2,36,41)(H,37,44)(H,38,43)/t19-,20+,24+,25?,29?/m1/s1. The van der Waals surface area contributed by atoms with E-state index in [4.69, 9.17) is 5.73 Å². The van der Waals surface area contributed by atoms with Crippen molar-refractivity contribution >= 4 is 29.3 Å². The molecule has 5 N–H and O–H groups in total. The summed E-state index contributed by atoms with van der Waals surface area (Å²) in [7, 11) is 0. The Labute approximate surface area is 254 Å². The van der Waals surface area contributed by atoms with Gasteiger partial charge in [-0.1, -0.05) is 75.4 Å². The SMILES string of the molecule is CC(C)[C@H](CC(=O)c1ccc(-c2ccccc2)cc1)C(=O)N[C@@H](C)C(=O)C[C@@H](C)C(=O)NC(CCC(N)=O)C(O)C(F)(F)F. The molecule has 240 valence electrons. The molecule has 0 saturated carbocycles. The second-order valence-corrected chi connectivity index (χ2v) is 11.3. The maximum absolute atomic E-state index is 13.1. The first-order valence-corrected chi connectivity index (χ1v) is 14.4. The fourth-order valence-corrected chi connectivity index (χ4v) is 4.56. The first kappa shape index (κ1) is 36.1. The van der Waals surface area contributed by atoms with Gasteiger partial charge in [-0.25, -0.2) is 0 Å². The van der Waals surface area contributed by atoms with Gasteiger partial charge in [0.25, 0.3) is 0 Å². The van der Waals surface area contributed by atoms with Crippen molar-refractivity contribution < 1.29 is 42.3 Å². The second kappa shape index (κ2) is 16.1. The van der Waals surface area contributed by atoms with E-state index in [1.165, 1.54) is 13.8 Å². The van der Waals surface area contributed by atoms with Crippen LogP contribution in [0.1, 0.15) is 63.7 Å². The molecule has 0 bridgehead atoms. The minimum Gasteiger partial charge on any atom is -0.382 e. The van der Waals surface area contributed by atoms with Crippen LogP contribution in [0.15, 0.2) is 54.6 Å². The third-order valence-electron chi connectivity index (χ3n) is 7.40. The molecule has 0 spiro atoms. The van der Waals surface area contributed by atoms with Crippen LogP contribution in [0.4, 0.5) is 13.2 Å². The van der Waals surface area contributed by atoms with Crippen molar-refractivity contribution in [1.82, 2.24) is 10.6 Å². The van der Waals surface area contributed by atoms with Crippen molar-refractivity contribution in [1.29, 1.82) is 0 Å². The highest BCUT2D eigenvalue weighted by Crippen LogP contribution is 2.25. The van der Waals surface area contributed by atoms with Gasteiger partial charge in [-0.05, 0) is 30.4 Å². The van der Waals surface area contributed by atoms with E-state index in [0.717, 1.165) is 11.1 Å². The van der Waals surface area contributed by atoms with E-state index in [-0.39, 0.29) is 18.1 Å². The van der Waals surface area contributed by atoms with Gasteiger partial charge in [-0.15, -0.1) is 0 Å². The Kier molecular flexibility index (Phi) is 13.3. The van der Waals surface area contributed by atoms with Gasteiger partial charge >= 0.3 is 6.18 Å². The van der Waals surface area contributed by atoms with Crippen molar-refractivity contribution in [3.05, 3.63) is 60.2 Å². The summed E-state index contributed by atoms with van der Waals surface area (Å²) in [6.45, 7) is 6.28. The molecular formula is C32H40F3N3O6. The van der Waals surface area contributed by atoms with Gasteiger partial charge < -0.3 is 21.5 Å². The molecule has 0 aliphatic rings. The number of ketones is 2. The smallest absolute Gasteiger partial charge is 0.382 e. The monoisotopic (exact) mass is 619 g/mol. The number of nitrogens with two attached hydrogens (primary N) is 1. The molecule has 0 radical (unpaired) electrons. The molecule has 3 amide bonds. The molecule has 2 rings (SSSR count). The highest BCUT2D eigenvalue weighted by atomic mass is 19.4. The number of carbonyl (C=O) groups excluding carboxylic acids is 5. The number of primary amides is 1. The summed E-state index contributed by atoms with van der Waals surface area (Å²) in [5.74, 6) is -5.28. The maximum Gasteiger partial charge on any atom is 0.416 e. The third kappa shape index (κ3) is 10.9. The zero-order valence-corrected chi connectivity index (χ0v) is 25.2. The number of aliphatic hydroxyl groups excluding tert-OH is 1. The van der Waals surface area contributed by atoms with E-state index >= 15 is 0 Å². The fourth-order valence-electron chi connectivity index (χ4n) is 4.56. The van der Waals surface area contributed by atoms with Crippen LogP contribution in [0.2, 0.25) is 0 Å². The van der Waals surface area contributed by atoms with Crippen LogP contribution in [-0.4, -0.2) is 58.8 Å². The first-order chi connectivity index (χ1) is 20.5. The highest BCUT2D eigenvalue weighted by Gasteiger charge is 2.44. The molecular weight excluding hydrogens is 579 g/mol. The van der Waals surface area contributed by atoms with Gasteiger partial charge in [0.05, 0.1) is 12.1 Å². The largest absolute Gasteiger partial charge is 0.416 e. The molecule has 9 nitrogen and oxygen atoms in total. The molecule has 0 aromatic heterocycles. The van der Waals surface area contributed by atoms with Crippen LogP contribution in [0.3, 0.4) is 0 Å². The lowest BCUT2D eigenvalue weighted by Gasteiger charge is -2.27. The molecule has 0 aliphatic carbocycles. The summed E-state index contributed by atoms with van der Waals surface area (Å²) in [4.78, 5) is 62.6. The Bertz CT molecular complexity index is 1300. The zero-order chi connectivity index (χ0) is 33.2. The molecule has 0 aliphatic heterocycles. The maximum atomic E-state index is 13.1. The third-order valence-corrected chi connectivity index (χ3v) is 7.40. The lowest BCUT2D eigenvalue weighted by Crippen LogP contribution is -2.52. The average molecular weight is 620 g/mol. The van der Waals surface area contributed by atoms with Crippen LogP contribution in [-0.2, 0) is 19.2 Å². The molecule has 0 heterocycles. The number of hydrogen-bond donors (Lipinski definition) is 4. The Morgan fingerprint density at radius 1 is 0.818 bits per heavy atom.